The number of amides is 2. The lowest BCUT2D eigenvalue weighted by Gasteiger charge is -2.49. The van der Waals surface area contributed by atoms with Crippen LogP contribution >= 0.6 is 0 Å². The SMILES string of the molecule is CCO[C@@H]1CN(Cc2ccccc2)C(=O)[C@@]2(CCCN(C(=O)c3cc(-c4ccccc4)no3)C2)C1. The molecule has 1 spiro atoms. The first kappa shape index (κ1) is 23.3. The standard InChI is InChI=1S/C28H31N3O4/c1-2-34-23-17-28(27(33)31(19-23)18-21-10-5-3-6-11-21)14-9-15-30(20-28)26(32)25-16-24(29-35-25)22-12-7-4-8-13-22/h3-8,10-13,16,23H,2,9,14-15,17-20H2,1H3/t23-,28-/m0/s1. The molecule has 2 atom stereocenters. The summed E-state index contributed by atoms with van der Waals surface area (Å²) in [5, 5.41) is 4.10. The molecule has 2 aromatic carbocycles. The van der Waals surface area contributed by atoms with Crippen molar-refractivity contribution in [1.82, 2.24) is 15.0 Å². The van der Waals surface area contributed by atoms with Crippen LogP contribution in [-0.4, -0.2) is 59.1 Å². The molecule has 2 aliphatic heterocycles. The largest absolute Gasteiger partial charge is 0.377 e. The maximum Gasteiger partial charge on any atom is 0.292 e. The average molecular weight is 474 g/mol. The monoisotopic (exact) mass is 473 g/mol. The van der Waals surface area contributed by atoms with Crippen LogP contribution in [0.2, 0.25) is 0 Å². The Kier molecular flexibility index (Phi) is 6.68. The van der Waals surface area contributed by atoms with Gasteiger partial charge in [0.15, 0.2) is 0 Å². The van der Waals surface area contributed by atoms with Crippen molar-refractivity contribution >= 4 is 11.8 Å². The lowest BCUT2D eigenvalue weighted by atomic mass is 9.72. The van der Waals surface area contributed by atoms with Gasteiger partial charge in [-0.05, 0) is 31.7 Å². The van der Waals surface area contributed by atoms with Gasteiger partial charge in [0.2, 0.25) is 11.7 Å². The quantitative estimate of drug-likeness (QED) is 0.530. The van der Waals surface area contributed by atoms with E-state index in [2.05, 4.69) is 5.16 Å². The molecule has 0 radical (unpaired) electrons. The van der Waals surface area contributed by atoms with Crippen LogP contribution in [0.4, 0.5) is 0 Å². The number of piperidine rings is 2. The highest BCUT2D eigenvalue weighted by atomic mass is 16.5. The van der Waals surface area contributed by atoms with E-state index in [1.165, 1.54) is 0 Å². The Labute approximate surface area is 205 Å². The molecule has 1 aromatic heterocycles. The molecule has 0 bridgehead atoms. The molecule has 2 fully saturated rings. The summed E-state index contributed by atoms with van der Waals surface area (Å²) in [6, 6.07) is 21.3. The summed E-state index contributed by atoms with van der Waals surface area (Å²) in [7, 11) is 0. The molecule has 0 unspecified atom stereocenters. The molecule has 0 saturated carbocycles. The van der Waals surface area contributed by atoms with Gasteiger partial charge in [0.05, 0.1) is 11.5 Å². The number of likely N-dealkylation sites (tertiary alicyclic amines) is 2. The number of carbonyl (C=O) groups excluding carboxylic acids is 2. The van der Waals surface area contributed by atoms with Crippen molar-refractivity contribution in [2.45, 2.75) is 38.8 Å². The van der Waals surface area contributed by atoms with Crippen LogP contribution in [0.3, 0.4) is 0 Å². The van der Waals surface area contributed by atoms with Crippen LogP contribution in [0, 0.1) is 5.41 Å². The summed E-state index contributed by atoms with van der Waals surface area (Å²) in [5.41, 5.74) is 1.96. The van der Waals surface area contributed by atoms with Gasteiger partial charge in [-0.1, -0.05) is 65.8 Å². The summed E-state index contributed by atoms with van der Waals surface area (Å²) in [4.78, 5) is 30.9. The Bertz CT molecular complexity index is 1160. The molecular formula is C28H31N3O4. The van der Waals surface area contributed by atoms with Gasteiger partial charge in [-0.3, -0.25) is 9.59 Å². The number of hydrogen-bond acceptors (Lipinski definition) is 5. The predicted molar refractivity (Wildman–Crippen MR) is 131 cm³/mol. The molecule has 2 saturated heterocycles. The van der Waals surface area contributed by atoms with E-state index in [4.69, 9.17) is 9.26 Å². The van der Waals surface area contributed by atoms with Crippen LogP contribution in [0.25, 0.3) is 11.3 Å². The first-order valence-electron chi connectivity index (χ1n) is 12.3. The van der Waals surface area contributed by atoms with Crippen molar-refractivity contribution in [3.63, 3.8) is 0 Å². The van der Waals surface area contributed by atoms with Crippen molar-refractivity contribution in [3.8, 4) is 11.3 Å². The first-order chi connectivity index (χ1) is 17.1. The van der Waals surface area contributed by atoms with Crippen molar-refractivity contribution < 1.29 is 18.8 Å². The number of carbonyl (C=O) groups is 2. The summed E-state index contributed by atoms with van der Waals surface area (Å²) >= 11 is 0. The summed E-state index contributed by atoms with van der Waals surface area (Å²) in [6.45, 7) is 4.64. The smallest absolute Gasteiger partial charge is 0.292 e. The Morgan fingerprint density at radius 2 is 1.89 bits per heavy atom. The van der Waals surface area contributed by atoms with Gasteiger partial charge in [0.25, 0.3) is 5.91 Å². The van der Waals surface area contributed by atoms with E-state index in [9.17, 15) is 9.59 Å². The van der Waals surface area contributed by atoms with Crippen LogP contribution in [0.5, 0.6) is 0 Å². The van der Waals surface area contributed by atoms with Gasteiger partial charge in [0.1, 0.15) is 5.69 Å². The Morgan fingerprint density at radius 3 is 2.63 bits per heavy atom. The lowest BCUT2D eigenvalue weighted by Crippen LogP contribution is -2.60. The molecule has 0 N–H and O–H groups in total. The van der Waals surface area contributed by atoms with Crippen molar-refractivity contribution in [2.24, 2.45) is 5.41 Å². The Balaban J connectivity index is 1.36. The topological polar surface area (TPSA) is 75.9 Å². The fourth-order valence-corrected chi connectivity index (χ4v) is 5.46. The first-order valence-corrected chi connectivity index (χ1v) is 12.3. The van der Waals surface area contributed by atoms with Crippen molar-refractivity contribution in [3.05, 3.63) is 78.1 Å². The molecule has 182 valence electrons. The van der Waals surface area contributed by atoms with Crippen LogP contribution in [0.15, 0.2) is 71.3 Å². The molecular weight excluding hydrogens is 442 g/mol. The molecule has 3 heterocycles. The molecule has 0 aliphatic carbocycles. The van der Waals surface area contributed by atoms with Crippen LogP contribution in [0.1, 0.15) is 42.3 Å². The summed E-state index contributed by atoms with van der Waals surface area (Å²) in [6.07, 6.45) is 2.08. The maximum atomic E-state index is 13.8. The number of aromatic nitrogens is 1. The van der Waals surface area contributed by atoms with Gasteiger partial charge < -0.3 is 19.1 Å². The number of hydrogen-bond donors (Lipinski definition) is 0. The van der Waals surface area contributed by atoms with Gasteiger partial charge in [0, 0.05) is 44.4 Å². The fourth-order valence-electron chi connectivity index (χ4n) is 5.46. The van der Waals surface area contributed by atoms with Crippen molar-refractivity contribution in [1.29, 1.82) is 0 Å². The zero-order chi connectivity index (χ0) is 24.3. The van der Waals surface area contributed by atoms with E-state index >= 15 is 0 Å². The number of nitrogens with zero attached hydrogens (tertiary/aromatic N) is 3. The third-order valence-corrected chi connectivity index (χ3v) is 7.06. The maximum absolute atomic E-state index is 13.8. The Hall–Kier alpha value is -3.45. The predicted octanol–water partition coefficient (Wildman–Crippen LogP) is 4.40. The highest BCUT2D eigenvalue weighted by molar-refractivity contribution is 5.93. The molecule has 35 heavy (non-hydrogen) atoms. The normalized spacial score (nSPS) is 22.5. The summed E-state index contributed by atoms with van der Waals surface area (Å²) in [5.74, 6) is 0.0868. The number of rotatable bonds is 6. The van der Waals surface area contributed by atoms with Gasteiger partial charge >= 0.3 is 0 Å². The lowest BCUT2D eigenvalue weighted by molar-refractivity contribution is -0.159. The van der Waals surface area contributed by atoms with E-state index in [-0.39, 0.29) is 23.7 Å². The molecule has 7 heteroatoms. The van der Waals surface area contributed by atoms with E-state index in [1.807, 2.05) is 72.5 Å². The van der Waals surface area contributed by atoms with E-state index < -0.39 is 5.41 Å². The zero-order valence-electron chi connectivity index (χ0n) is 20.1. The molecule has 3 aromatic rings. The second kappa shape index (κ2) is 10.0. The number of benzene rings is 2. The minimum Gasteiger partial charge on any atom is -0.377 e. The zero-order valence-corrected chi connectivity index (χ0v) is 20.1. The van der Waals surface area contributed by atoms with Crippen LogP contribution in [-0.2, 0) is 16.1 Å². The van der Waals surface area contributed by atoms with E-state index in [0.29, 0.717) is 44.9 Å². The third kappa shape index (κ3) is 4.86. The average Bonchev–Trinajstić information content (AvgIpc) is 3.39. The van der Waals surface area contributed by atoms with Gasteiger partial charge in [-0.2, -0.15) is 0 Å². The van der Waals surface area contributed by atoms with E-state index in [1.54, 1.807) is 11.0 Å². The minimum atomic E-state index is -0.650. The molecule has 2 amide bonds. The van der Waals surface area contributed by atoms with Crippen molar-refractivity contribution in [2.75, 3.05) is 26.2 Å². The third-order valence-electron chi connectivity index (χ3n) is 7.06. The number of ether oxygens (including phenoxy) is 1. The molecule has 7 nitrogen and oxygen atoms in total. The van der Waals surface area contributed by atoms with Gasteiger partial charge in [-0.15, -0.1) is 0 Å². The van der Waals surface area contributed by atoms with E-state index in [0.717, 1.165) is 24.0 Å². The molecule has 5 rings (SSSR count). The minimum absolute atomic E-state index is 0.0496. The second-order valence-electron chi connectivity index (χ2n) is 9.51. The molecule has 2 aliphatic rings. The Morgan fingerprint density at radius 1 is 1.14 bits per heavy atom. The highest BCUT2D eigenvalue weighted by Crippen LogP contribution is 2.41. The highest BCUT2D eigenvalue weighted by Gasteiger charge is 2.50. The van der Waals surface area contributed by atoms with Gasteiger partial charge in [-0.25, -0.2) is 0 Å². The summed E-state index contributed by atoms with van der Waals surface area (Å²) < 4.78 is 11.5. The fraction of sp³-hybridized carbons (Fsp3) is 0.393. The second-order valence-corrected chi connectivity index (χ2v) is 9.51. The van der Waals surface area contributed by atoms with Crippen LogP contribution < -0.4 is 0 Å².